The fraction of sp³-hybridized carbons (Fsp3) is 0.867. The third-order valence-electron chi connectivity index (χ3n) is 4.29. The van der Waals surface area contributed by atoms with Crippen LogP contribution in [0.25, 0.3) is 0 Å². The van der Waals surface area contributed by atoms with E-state index in [2.05, 4.69) is 47.9 Å². The van der Waals surface area contributed by atoms with Gasteiger partial charge in [-0.2, -0.15) is 5.10 Å². The summed E-state index contributed by atoms with van der Waals surface area (Å²) in [7, 11) is 2.09. The molecule has 0 aliphatic heterocycles. The molecule has 1 heterocycles. The van der Waals surface area contributed by atoms with Crippen LogP contribution < -0.4 is 5.32 Å². The van der Waals surface area contributed by atoms with Crippen LogP contribution in [0, 0.1) is 17.8 Å². The van der Waals surface area contributed by atoms with E-state index in [-0.39, 0.29) is 0 Å². The minimum absolute atomic E-state index is 0.617. The Morgan fingerprint density at radius 3 is 2.89 bits per heavy atom. The summed E-state index contributed by atoms with van der Waals surface area (Å²) in [5, 5.41) is 7.87. The summed E-state index contributed by atoms with van der Waals surface area (Å²) < 4.78 is 2.09. The van der Waals surface area contributed by atoms with Gasteiger partial charge in [0.2, 0.25) is 0 Å². The molecule has 0 aromatic carbocycles. The van der Waals surface area contributed by atoms with E-state index in [1.165, 1.54) is 19.3 Å². The second-order valence-corrected chi connectivity index (χ2v) is 6.53. The van der Waals surface area contributed by atoms with E-state index >= 15 is 0 Å². The topological polar surface area (TPSA) is 42.7 Å². The Bertz CT molecular complexity index is 385. The molecule has 1 aliphatic carbocycles. The first kappa shape index (κ1) is 14.5. The highest BCUT2D eigenvalue weighted by atomic mass is 15.3. The van der Waals surface area contributed by atoms with Crippen molar-refractivity contribution in [2.24, 2.45) is 17.8 Å². The van der Waals surface area contributed by atoms with Gasteiger partial charge in [0.1, 0.15) is 12.2 Å². The summed E-state index contributed by atoms with van der Waals surface area (Å²) in [5.41, 5.74) is 0. The molecule has 1 N–H and O–H groups in total. The van der Waals surface area contributed by atoms with Crippen LogP contribution >= 0.6 is 0 Å². The van der Waals surface area contributed by atoms with Crippen molar-refractivity contribution in [3.8, 4) is 0 Å². The predicted molar refractivity (Wildman–Crippen MR) is 77.9 cm³/mol. The molecule has 2 rings (SSSR count). The summed E-state index contributed by atoms with van der Waals surface area (Å²) in [5.74, 6) is 3.32. The molecule has 1 saturated carbocycles. The molecule has 0 radical (unpaired) electrons. The third-order valence-corrected chi connectivity index (χ3v) is 4.29. The van der Waals surface area contributed by atoms with Gasteiger partial charge in [0.25, 0.3) is 0 Å². The van der Waals surface area contributed by atoms with Crippen LogP contribution in [0.4, 0.5) is 0 Å². The molecule has 108 valence electrons. The van der Waals surface area contributed by atoms with Crippen LogP contribution in [0.3, 0.4) is 0 Å². The van der Waals surface area contributed by atoms with E-state index in [1.54, 1.807) is 6.33 Å². The molecular formula is C15H28N4. The van der Waals surface area contributed by atoms with Crippen molar-refractivity contribution >= 4 is 0 Å². The van der Waals surface area contributed by atoms with Crippen molar-refractivity contribution in [3.63, 3.8) is 0 Å². The molecule has 3 atom stereocenters. The van der Waals surface area contributed by atoms with Gasteiger partial charge in [-0.25, -0.2) is 9.67 Å². The van der Waals surface area contributed by atoms with Gasteiger partial charge in [0.15, 0.2) is 0 Å². The van der Waals surface area contributed by atoms with E-state index in [0.717, 1.165) is 24.7 Å². The average molecular weight is 264 g/mol. The standard InChI is InChI=1S/C15H28N4/c1-11(2)9-19-15(17-10-18-19)8-13-7-12(3)5-6-14(13)16-4/h10-14,16H,5-9H2,1-4H3. The molecule has 1 aromatic rings. The van der Waals surface area contributed by atoms with Gasteiger partial charge in [-0.05, 0) is 44.1 Å². The van der Waals surface area contributed by atoms with E-state index in [9.17, 15) is 0 Å². The Morgan fingerprint density at radius 2 is 2.21 bits per heavy atom. The molecule has 1 fully saturated rings. The van der Waals surface area contributed by atoms with Crippen molar-refractivity contribution in [2.75, 3.05) is 7.05 Å². The first-order valence-electron chi connectivity index (χ1n) is 7.64. The monoisotopic (exact) mass is 264 g/mol. The van der Waals surface area contributed by atoms with Crippen LogP contribution in [-0.2, 0) is 13.0 Å². The number of hydrogen-bond acceptors (Lipinski definition) is 3. The largest absolute Gasteiger partial charge is 0.317 e. The Morgan fingerprint density at radius 1 is 1.42 bits per heavy atom. The highest BCUT2D eigenvalue weighted by Gasteiger charge is 2.28. The normalized spacial score (nSPS) is 27.9. The molecule has 0 spiro atoms. The number of aromatic nitrogens is 3. The first-order valence-corrected chi connectivity index (χ1v) is 7.64. The van der Waals surface area contributed by atoms with E-state index in [0.29, 0.717) is 17.9 Å². The number of rotatable bonds is 5. The van der Waals surface area contributed by atoms with Crippen LogP contribution in [0.15, 0.2) is 6.33 Å². The Hall–Kier alpha value is -0.900. The van der Waals surface area contributed by atoms with Crippen molar-refractivity contribution in [2.45, 2.75) is 59.0 Å². The summed E-state index contributed by atoms with van der Waals surface area (Å²) >= 11 is 0. The van der Waals surface area contributed by atoms with Crippen molar-refractivity contribution in [1.82, 2.24) is 20.1 Å². The molecule has 4 nitrogen and oxygen atoms in total. The summed E-state index contributed by atoms with van der Waals surface area (Å²) in [6.45, 7) is 7.80. The predicted octanol–water partition coefficient (Wildman–Crippen LogP) is 2.50. The fourth-order valence-corrected chi connectivity index (χ4v) is 3.28. The summed E-state index contributed by atoms with van der Waals surface area (Å²) in [4.78, 5) is 4.48. The van der Waals surface area contributed by atoms with Crippen LogP contribution in [0.5, 0.6) is 0 Å². The number of nitrogens with zero attached hydrogens (tertiary/aromatic N) is 3. The molecule has 1 aliphatic rings. The van der Waals surface area contributed by atoms with Gasteiger partial charge in [-0.3, -0.25) is 0 Å². The minimum atomic E-state index is 0.617. The maximum atomic E-state index is 4.48. The van der Waals surface area contributed by atoms with Gasteiger partial charge in [-0.15, -0.1) is 0 Å². The zero-order valence-corrected chi connectivity index (χ0v) is 12.8. The molecule has 3 unspecified atom stereocenters. The lowest BCUT2D eigenvalue weighted by Gasteiger charge is -2.34. The van der Waals surface area contributed by atoms with Crippen molar-refractivity contribution in [3.05, 3.63) is 12.2 Å². The molecule has 0 amide bonds. The number of hydrogen-bond donors (Lipinski definition) is 1. The van der Waals surface area contributed by atoms with Gasteiger partial charge < -0.3 is 5.32 Å². The Kier molecular flexibility index (Phi) is 4.97. The molecular weight excluding hydrogens is 236 g/mol. The summed E-state index contributed by atoms with van der Waals surface area (Å²) in [6, 6.07) is 0.639. The SMILES string of the molecule is CNC1CCC(C)CC1Cc1ncnn1CC(C)C. The average Bonchev–Trinajstić information content (AvgIpc) is 2.76. The quantitative estimate of drug-likeness (QED) is 0.888. The minimum Gasteiger partial charge on any atom is -0.317 e. The zero-order chi connectivity index (χ0) is 13.8. The highest BCUT2D eigenvalue weighted by Crippen LogP contribution is 2.31. The van der Waals surface area contributed by atoms with Crippen LogP contribution in [0.1, 0.15) is 45.9 Å². The fourth-order valence-electron chi connectivity index (χ4n) is 3.28. The first-order chi connectivity index (χ1) is 9.10. The summed E-state index contributed by atoms with van der Waals surface area (Å²) in [6.07, 6.45) is 6.71. The lowest BCUT2D eigenvalue weighted by molar-refractivity contribution is 0.215. The maximum Gasteiger partial charge on any atom is 0.138 e. The molecule has 0 bridgehead atoms. The zero-order valence-electron chi connectivity index (χ0n) is 12.8. The highest BCUT2D eigenvalue weighted by molar-refractivity contribution is 4.93. The molecule has 19 heavy (non-hydrogen) atoms. The van der Waals surface area contributed by atoms with Gasteiger partial charge in [0, 0.05) is 19.0 Å². The maximum absolute atomic E-state index is 4.48. The van der Waals surface area contributed by atoms with E-state index < -0.39 is 0 Å². The Balaban J connectivity index is 2.04. The lowest BCUT2D eigenvalue weighted by atomic mass is 9.77. The third kappa shape index (κ3) is 3.78. The van der Waals surface area contributed by atoms with Crippen molar-refractivity contribution in [1.29, 1.82) is 0 Å². The van der Waals surface area contributed by atoms with Crippen molar-refractivity contribution < 1.29 is 0 Å². The Labute approximate surface area is 117 Å². The second-order valence-electron chi connectivity index (χ2n) is 6.53. The van der Waals surface area contributed by atoms with Gasteiger partial charge >= 0.3 is 0 Å². The van der Waals surface area contributed by atoms with Crippen LogP contribution in [-0.4, -0.2) is 27.9 Å². The van der Waals surface area contributed by atoms with Gasteiger partial charge in [-0.1, -0.05) is 20.8 Å². The molecule has 0 saturated heterocycles. The van der Waals surface area contributed by atoms with E-state index in [1.807, 2.05) is 0 Å². The van der Waals surface area contributed by atoms with Gasteiger partial charge in [0.05, 0.1) is 0 Å². The molecule has 4 heteroatoms. The lowest BCUT2D eigenvalue weighted by Crippen LogP contribution is -2.39. The molecule has 1 aromatic heterocycles. The van der Waals surface area contributed by atoms with E-state index in [4.69, 9.17) is 0 Å². The second kappa shape index (κ2) is 6.51. The smallest absolute Gasteiger partial charge is 0.138 e. The number of nitrogens with one attached hydrogen (secondary N) is 1. The van der Waals surface area contributed by atoms with Crippen LogP contribution in [0.2, 0.25) is 0 Å².